The molecule has 9 aromatic rings. The fourth-order valence-corrected chi connectivity index (χ4v) is 8.64. The van der Waals surface area contributed by atoms with Crippen LogP contribution < -0.4 is 4.90 Å². The minimum atomic E-state index is 1.05. The molecule has 2 nitrogen and oxygen atoms in total. The molecule has 2 heterocycles. The van der Waals surface area contributed by atoms with Gasteiger partial charge in [0.25, 0.3) is 0 Å². The van der Waals surface area contributed by atoms with Crippen molar-refractivity contribution in [2.24, 2.45) is 0 Å². The molecule has 0 fully saturated rings. The highest BCUT2D eigenvalue weighted by Crippen LogP contribution is 2.46. The Morgan fingerprint density at radius 1 is 0.489 bits per heavy atom. The minimum absolute atomic E-state index is 1.05. The fourth-order valence-electron chi connectivity index (χ4n) is 6.35. The molecule has 2 aromatic heterocycles. The van der Waals surface area contributed by atoms with E-state index in [9.17, 15) is 0 Å². The molecule has 0 unspecified atom stereocenters. The molecular formula is C41H26N2S2. The monoisotopic (exact) mass is 610 g/mol. The lowest BCUT2D eigenvalue weighted by Crippen LogP contribution is -2.11. The molecule has 0 aliphatic heterocycles. The van der Waals surface area contributed by atoms with E-state index in [1.165, 1.54) is 46.8 Å². The van der Waals surface area contributed by atoms with E-state index in [0.29, 0.717) is 0 Å². The summed E-state index contributed by atoms with van der Waals surface area (Å²) in [5.41, 5.74) is 8.01. The Morgan fingerprint density at radius 3 is 2.00 bits per heavy atom. The number of aromatic nitrogens is 1. The van der Waals surface area contributed by atoms with Crippen molar-refractivity contribution in [3.8, 4) is 21.7 Å². The summed E-state index contributed by atoms with van der Waals surface area (Å²) in [6.45, 7) is 0. The lowest BCUT2D eigenvalue weighted by atomic mass is 10.0. The van der Waals surface area contributed by atoms with E-state index in [4.69, 9.17) is 4.98 Å². The van der Waals surface area contributed by atoms with Crippen LogP contribution in [0.3, 0.4) is 0 Å². The van der Waals surface area contributed by atoms with E-state index in [2.05, 4.69) is 163 Å². The molecular weight excluding hydrogens is 585 g/mol. The van der Waals surface area contributed by atoms with Crippen LogP contribution in [0.15, 0.2) is 158 Å². The summed E-state index contributed by atoms with van der Waals surface area (Å²) in [6, 6.07) is 56.6. The van der Waals surface area contributed by atoms with Crippen molar-refractivity contribution in [3.05, 3.63) is 158 Å². The zero-order valence-electron chi connectivity index (χ0n) is 24.2. The van der Waals surface area contributed by atoms with Crippen LogP contribution in [0.5, 0.6) is 0 Å². The van der Waals surface area contributed by atoms with Gasteiger partial charge < -0.3 is 4.90 Å². The van der Waals surface area contributed by atoms with Crippen molar-refractivity contribution < 1.29 is 0 Å². The number of thiophene rings is 1. The summed E-state index contributed by atoms with van der Waals surface area (Å²) in [4.78, 5) is 7.48. The first-order valence-corrected chi connectivity index (χ1v) is 16.7. The van der Waals surface area contributed by atoms with Gasteiger partial charge in [-0.25, -0.2) is 4.98 Å². The Labute approximate surface area is 269 Å². The molecule has 45 heavy (non-hydrogen) atoms. The van der Waals surface area contributed by atoms with Crippen molar-refractivity contribution in [2.45, 2.75) is 0 Å². The molecule has 0 saturated carbocycles. The Hall–Kier alpha value is -5.29. The molecule has 0 saturated heterocycles. The number of nitrogens with zero attached hydrogens (tertiary/aromatic N) is 2. The normalized spacial score (nSPS) is 11.6. The van der Waals surface area contributed by atoms with Gasteiger partial charge in [0.1, 0.15) is 5.01 Å². The summed E-state index contributed by atoms with van der Waals surface area (Å²) in [7, 11) is 0. The Balaban J connectivity index is 1.29. The number of thiazole rings is 1. The zero-order valence-corrected chi connectivity index (χ0v) is 25.9. The maximum absolute atomic E-state index is 5.06. The average molecular weight is 611 g/mol. The van der Waals surface area contributed by atoms with Crippen LogP contribution in [0.1, 0.15) is 0 Å². The number of hydrogen-bond acceptors (Lipinski definition) is 4. The van der Waals surface area contributed by atoms with Gasteiger partial charge in [-0.3, -0.25) is 0 Å². The van der Waals surface area contributed by atoms with Gasteiger partial charge in [-0.2, -0.15) is 0 Å². The van der Waals surface area contributed by atoms with Gasteiger partial charge >= 0.3 is 0 Å². The van der Waals surface area contributed by atoms with Crippen LogP contribution in [0.2, 0.25) is 0 Å². The summed E-state index contributed by atoms with van der Waals surface area (Å²) in [5, 5.41) is 6.08. The zero-order chi connectivity index (χ0) is 29.7. The average Bonchev–Trinajstić information content (AvgIpc) is 3.71. The van der Waals surface area contributed by atoms with Crippen molar-refractivity contribution in [1.29, 1.82) is 0 Å². The predicted molar refractivity (Wildman–Crippen MR) is 196 cm³/mol. The highest BCUT2D eigenvalue weighted by atomic mass is 32.1. The van der Waals surface area contributed by atoms with Crippen molar-refractivity contribution in [3.63, 3.8) is 0 Å². The SMILES string of the molecule is c1ccc(-c2nc3ccc4sc5ccc(N(c6ccc7ccccc7c6)c6ccccc6-c6ccccc6)cc5c4c3s2)cc1. The first kappa shape index (κ1) is 26.1. The highest BCUT2D eigenvalue weighted by Gasteiger charge is 2.20. The molecule has 0 N–H and O–H groups in total. The smallest absolute Gasteiger partial charge is 0.124 e. The van der Waals surface area contributed by atoms with Crippen LogP contribution in [0.25, 0.3) is 62.9 Å². The summed E-state index contributed by atoms with van der Waals surface area (Å²) >= 11 is 3.65. The number of hydrogen-bond donors (Lipinski definition) is 0. The molecule has 7 aromatic carbocycles. The Morgan fingerprint density at radius 2 is 1.16 bits per heavy atom. The fraction of sp³-hybridized carbons (Fsp3) is 0. The molecule has 0 radical (unpaired) electrons. The van der Waals surface area contributed by atoms with Crippen molar-refractivity contribution in [1.82, 2.24) is 4.98 Å². The minimum Gasteiger partial charge on any atom is -0.310 e. The second-order valence-electron chi connectivity index (χ2n) is 11.2. The van der Waals surface area contributed by atoms with Crippen LogP contribution in [0.4, 0.5) is 17.1 Å². The molecule has 0 atom stereocenters. The summed E-state index contributed by atoms with van der Waals surface area (Å²) in [5.74, 6) is 0. The lowest BCUT2D eigenvalue weighted by molar-refractivity contribution is 1.29. The molecule has 0 bridgehead atoms. The largest absolute Gasteiger partial charge is 0.310 e. The van der Waals surface area contributed by atoms with Crippen molar-refractivity contribution in [2.75, 3.05) is 4.90 Å². The molecule has 0 aliphatic rings. The van der Waals surface area contributed by atoms with Gasteiger partial charge in [-0.1, -0.05) is 109 Å². The first-order chi connectivity index (χ1) is 22.3. The molecule has 0 aliphatic carbocycles. The molecule has 0 spiro atoms. The van der Waals surface area contributed by atoms with Gasteiger partial charge in [0.05, 0.1) is 15.9 Å². The third-order valence-electron chi connectivity index (χ3n) is 8.47. The van der Waals surface area contributed by atoms with Gasteiger partial charge in [-0.15, -0.1) is 22.7 Å². The second-order valence-corrected chi connectivity index (χ2v) is 13.3. The van der Waals surface area contributed by atoms with Crippen molar-refractivity contribution >= 4 is 80.9 Å². The lowest BCUT2D eigenvalue weighted by Gasteiger charge is -2.28. The number of anilines is 3. The summed E-state index contributed by atoms with van der Waals surface area (Å²) in [6.07, 6.45) is 0. The van der Waals surface area contributed by atoms with Gasteiger partial charge in [0.2, 0.25) is 0 Å². The second kappa shape index (κ2) is 10.7. The van der Waals surface area contributed by atoms with Crippen LogP contribution in [0, 0.1) is 0 Å². The Kier molecular flexibility index (Phi) is 6.22. The van der Waals surface area contributed by atoms with E-state index in [0.717, 1.165) is 33.1 Å². The van der Waals surface area contributed by atoms with E-state index in [-0.39, 0.29) is 0 Å². The number of rotatable bonds is 5. The van der Waals surface area contributed by atoms with Crippen LogP contribution in [-0.4, -0.2) is 4.98 Å². The Bertz CT molecular complexity index is 2490. The van der Waals surface area contributed by atoms with E-state index in [1.807, 2.05) is 11.3 Å². The predicted octanol–water partition coefficient (Wildman–Crippen LogP) is 12.6. The molecule has 4 heteroatoms. The topological polar surface area (TPSA) is 16.1 Å². The third-order valence-corrected chi connectivity index (χ3v) is 10.7. The summed E-state index contributed by atoms with van der Waals surface area (Å²) < 4.78 is 3.82. The van der Waals surface area contributed by atoms with Gasteiger partial charge in [0, 0.05) is 42.7 Å². The van der Waals surface area contributed by atoms with E-state index < -0.39 is 0 Å². The standard InChI is InChI=1S/C41H26N2S2/c1-3-12-28(13-4-1)33-17-9-10-18-36(33)43(31-20-19-27-11-7-8-16-30(27)25-31)32-21-23-37-34(26-32)39-38(44-37)24-22-35-40(39)45-41(42-35)29-14-5-2-6-15-29/h1-26H. The van der Waals surface area contributed by atoms with Gasteiger partial charge in [0.15, 0.2) is 0 Å². The maximum atomic E-state index is 5.06. The van der Waals surface area contributed by atoms with Gasteiger partial charge in [-0.05, 0) is 64.9 Å². The third kappa shape index (κ3) is 4.50. The first-order valence-electron chi connectivity index (χ1n) is 15.0. The molecule has 0 amide bonds. The van der Waals surface area contributed by atoms with Crippen LogP contribution in [-0.2, 0) is 0 Å². The quantitative estimate of drug-likeness (QED) is 0.193. The van der Waals surface area contributed by atoms with E-state index in [1.54, 1.807) is 11.3 Å². The highest BCUT2D eigenvalue weighted by molar-refractivity contribution is 7.28. The number of benzene rings is 7. The number of fused-ring (bicyclic) bond motifs is 6. The molecule has 212 valence electrons. The molecule has 9 rings (SSSR count). The maximum Gasteiger partial charge on any atom is 0.124 e. The van der Waals surface area contributed by atoms with Crippen LogP contribution >= 0.6 is 22.7 Å². The van der Waals surface area contributed by atoms with E-state index >= 15 is 0 Å². The number of para-hydroxylation sites is 1.